The summed E-state index contributed by atoms with van der Waals surface area (Å²) in [5.74, 6) is 1.61. The van der Waals surface area contributed by atoms with Crippen LogP contribution in [0.4, 0.5) is 10.1 Å². The van der Waals surface area contributed by atoms with Gasteiger partial charge in [-0.05, 0) is 92.7 Å². The molecule has 4 bridgehead atoms. The summed E-state index contributed by atoms with van der Waals surface area (Å²) in [5, 5.41) is 3.01. The molecule has 7 heteroatoms. The number of carbonyl (C=O) groups is 1. The Balaban J connectivity index is 1.32. The number of halogens is 1. The molecule has 0 unspecified atom stereocenters. The Bertz CT molecular complexity index is 1050. The normalized spacial score (nSPS) is 29.6. The third kappa shape index (κ3) is 3.60. The van der Waals surface area contributed by atoms with Crippen molar-refractivity contribution in [2.45, 2.75) is 43.4 Å². The second-order valence-corrected chi connectivity index (χ2v) is 10.7. The molecule has 4 aliphatic rings. The Hall–Kier alpha value is -2.41. The summed E-state index contributed by atoms with van der Waals surface area (Å²) in [5.41, 5.74) is 0.230. The largest absolute Gasteiger partial charge is 0.379 e. The number of hydrogen-bond donors (Lipinski definition) is 1. The minimum atomic E-state index is -4.09. The van der Waals surface area contributed by atoms with Crippen LogP contribution >= 0.6 is 0 Å². The lowest BCUT2D eigenvalue weighted by Gasteiger charge is -2.55. The van der Waals surface area contributed by atoms with E-state index in [0.29, 0.717) is 23.4 Å². The van der Waals surface area contributed by atoms with Gasteiger partial charge in [0.2, 0.25) is 5.91 Å². The predicted molar refractivity (Wildman–Crippen MR) is 110 cm³/mol. The molecule has 0 aliphatic heterocycles. The van der Waals surface area contributed by atoms with Crippen molar-refractivity contribution < 1.29 is 21.8 Å². The van der Waals surface area contributed by atoms with Gasteiger partial charge in [-0.25, -0.2) is 4.39 Å². The molecular weight excluding hydrogens is 405 g/mol. The fraction of sp³-hybridized carbons (Fsp3) is 0.435. The molecule has 0 atom stereocenters. The van der Waals surface area contributed by atoms with E-state index in [0.717, 1.165) is 43.5 Å². The molecular formula is C23H24FNO4S. The van der Waals surface area contributed by atoms with E-state index in [-0.39, 0.29) is 22.0 Å². The number of rotatable bonds is 5. The molecule has 0 heterocycles. The quantitative estimate of drug-likeness (QED) is 0.697. The minimum absolute atomic E-state index is 0.0418. The minimum Gasteiger partial charge on any atom is -0.379 e. The van der Waals surface area contributed by atoms with Crippen LogP contribution < -0.4 is 9.50 Å². The molecule has 0 saturated heterocycles. The van der Waals surface area contributed by atoms with E-state index >= 15 is 0 Å². The average Bonchev–Trinajstić information content (AvgIpc) is 2.67. The summed E-state index contributed by atoms with van der Waals surface area (Å²) in [6.45, 7) is 0. The maximum absolute atomic E-state index is 13.2. The van der Waals surface area contributed by atoms with Crippen molar-refractivity contribution in [2.75, 3.05) is 5.32 Å². The zero-order valence-electron chi connectivity index (χ0n) is 16.5. The zero-order chi connectivity index (χ0) is 20.9. The van der Waals surface area contributed by atoms with Crippen LogP contribution in [0.15, 0.2) is 53.4 Å². The van der Waals surface area contributed by atoms with Crippen molar-refractivity contribution >= 4 is 21.7 Å². The molecule has 4 fully saturated rings. The van der Waals surface area contributed by atoms with E-state index in [4.69, 9.17) is 4.18 Å². The number of nitrogens with one attached hydrogen (secondary N) is 1. The molecule has 0 aromatic heterocycles. The number of amides is 1. The first kappa shape index (κ1) is 19.5. The molecule has 30 heavy (non-hydrogen) atoms. The summed E-state index contributed by atoms with van der Waals surface area (Å²) in [7, 11) is -4.09. The Morgan fingerprint density at radius 2 is 1.57 bits per heavy atom. The van der Waals surface area contributed by atoms with Gasteiger partial charge in [0.25, 0.3) is 0 Å². The second-order valence-electron chi connectivity index (χ2n) is 9.17. The Morgan fingerprint density at radius 1 is 0.967 bits per heavy atom. The topological polar surface area (TPSA) is 72.5 Å². The first-order chi connectivity index (χ1) is 14.3. The van der Waals surface area contributed by atoms with Crippen molar-refractivity contribution in [3.8, 4) is 5.75 Å². The standard InChI is InChI=1S/C23H24FNO4S/c24-18-4-6-21(7-5-18)30(27,28)29-20-3-1-2-19(11-20)25-22(26)23-12-15-8-16(13-23)10-17(9-15)14-23/h1-7,11,15-17H,8-10,12-14H2,(H,25,26). The number of anilines is 1. The van der Waals surface area contributed by atoms with Gasteiger partial charge in [-0.15, -0.1) is 0 Å². The molecule has 5 nitrogen and oxygen atoms in total. The number of hydrogen-bond acceptors (Lipinski definition) is 4. The second kappa shape index (κ2) is 7.08. The van der Waals surface area contributed by atoms with E-state index in [9.17, 15) is 17.6 Å². The Labute approximate surface area is 175 Å². The maximum Gasteiger partial charge on any atom is 0.339 e. The third-order valence-corrected chi connectivity index (χ3v) is 8.18. The first-order valence-corrected chi connectivity index (χ1v) is 11.8. The van der Waals surface area contributed by atoms with Crippen LogP contribution in [0, 0.1) is 29.0 Å². The molecule has 1 N–H and O–H groups in total. The van der Waals surface area contributed by atoms with Gasteiger partial charge in [0.1, 0.15) is 16.5 Å². The van der Waals surface area contributed by atoms with E-state index < -0.39 is 15.9 Å². The van der Waals surface area contributed by atoms with Gasteiger partial charge in [-0.2, -0.15) is 8.42 Å². The summed E-state index contributed by atoms with van der Waals surface area (Å²) >= 11 is 0. The Morgan fingerprint density at radius 3 is 2.17 bits per heavy atom. The van der Waals surface area contributed by atoms with Crippen LogP contribution in [-0.4, -0.2) is 14.3 Å². The predicted octanol–water partition coefficient (Wildman–Crippen LogP) is 4.75. The highest BCUT2D eigenvalue weighted by atomic mass is 32.2. The number of carbonyl (C=O) groups excluding carboxylic acids is 1. The van der Waals surface area contributed by atoms with E-state index in [1.165, 1.54) is 31.4 Å². The summed E-state index contributed by atoms with van der Waals surface area (Å²) < 4.78 is 43.2. The molecule has 1 amide bonds. The average molecular weight is 430 g/mol. The van der Waals surface area contributed by atoms with Crippen molar-refractivity contribution in [1.82, 2.24) is 0 Å². The summed E-state index contributed by atoms with van der Waals surface area (Å²) in [4.78, 5) is 13.1. The molecule has 4 aliphatic carbocycles. The SMILES string of the molecule is O=C(Nc1cccc(OS(=O)(=O)c2ccc(F)cc2)c1)C12CC3CC(CC(C3)C1)C2. The van der Waals surface area contributed by atoms with Crippen LogP contribution in [0.5, 0.6) is 5.75 Å². The van der Waals surface area contributed by atoms with Crippen LogP contribution in [0.2, 0.25) is 0 Å². The smallest absolute Gasteiger partial charge is 0.339 e. The van der Waals surface area contributed by atoms with Crippen LogP contribution in [0.25, 0.3) is 0 Å². The number of benzene rings is 2. The van der Waals surface area contributed by atoms with Crippen molar-refractivity contribution in [3.63, 3.8) is 0 Å². The van der Waals surface area contributed by atoms with Gasteiger partial charge >= 0.3 is 10.1 Å². The van der Waals surface area contributed by atoms with Crippen molar-refractivity contribution in [2.24, 2.45) is 23.2 Å². The monoisotopic (exact) mass is 429 g/mol. The molecule has 4 saturated carbocycles. The Kier molecular flexibility index (Phi) is 4.61. The molecule has 0 radical (unpaired) electrons. The van der Waals surface area contributed by atoms with Gasteiger partial charge in [-0.3, -0.25) is 4.79 Å². The van der Waals surface area contributed by atoms with Gasteiger partial charge in [0.15, 0.2) is 0 Å². The lowest BCUT2D eigenvalue weighted by molar-refractivity contribution is -0.140. The van der Waals surface area contributed by atoms with Gasteiger partial charge < -0.3 is 9.50 Å². The summed E-state index contributed by atoms with van der Waals surface area (Å²) in [6.07, 6.45) is 6.66. The molecule has 2 aromatic rings. The molecule has 6 rings (SSSR count). The lowest BCUT2D eigenvalue weighted by atomic mass is 9.49. The van der Waals surface area contributed by atoms with Crippen LogP contribution in [-0.2, 0) is 14.9 Å². The molecule has 158 valence electrons. The van der Waals surface area contributed by atoms with Crippen molar-refractivity contribution in [3.05, 3.63) is 54.3 Å². The van der Waals surface area contributed by atoms with Gasteiger partial charge in [-0.1, -0.05) is 6.07 Å². The van der Waals surface area contributed by atoms with E-state index in [2.05, 4.69) is 5.32 Å². The van der Waals surface area contributed by atoms with Gasteiger partial charge in [0.05, 0.1) is 5.41 Å². The molecule has 2 aromatic carbocycles. The third-order valence-electron chi connectivity index (χ3n) is 6.92. The highest BCUT2D eigenvalue weighted by Crippen LogP contribution is 2.60. The first-order valence-electron chi connectivity index (χ1n) is 10.4. The highest BCUT2D eigenvalue weighted by molar-refractivity contribution is 7.87. The maximum atomic E-state index is 13.2. The fourth-order valence-electron chi connectivity index (χ4n) is 6.05. The van der Waals surface area contributed by atoms with Crippen molar-refractivity contribution in [1.29, 1.82) is 0 Å². The van der Waals surface area contributed by atoms with E-state index in [1.54, 1.807) is 12.1 Å². The lowest BCUT2D eigenvalue weighted by Crippen LogP contribution is -2.51. The van der Waals surface area contributed by atoms with Crippen LogP contribution in [0.3, 0.4) is 0 Å². The summed E-state index contributed by atoms with van der Waals surface area (Å²) in [6, 6.07) is 10.9. The fourth-order valence-corrected chi connectivity index (χ4v) is 6.98. The molecule has 0 spiro atoms. The van der Waals surface area contributed by atoms with E-state index in [1.807, 2.05) is 0 Å². The highest BCUT2D eigenvalue weighted by Gasteiger charge is 2.54. The zero-order valence-corrected chi connectivity index (χ0v) is 17.3. The van der Waals surface area contributed by atoms with Crippen LogP contribution in [0.1, 0.15) is 38.5 Å². The van der Waals surface area contributed by atoms with Gasteiger partial charge in [0, 0.05) is 11.8 Å².